The van der Waals surface area contributed by atoms with E-state index in [1.54, 1.807) is 35.7 Å². The first-order valence-corrected chi connectivity index (χ1v) is 9.27. The Bertz CT molecular complexity index is 882. The van der Waals surface area contributed by atoms with Crippen LogP contribution in [-0.4, -0.2) is 55.8 Å². The molecule has 2 N–H and O–H groups in total. The molecule has 0 spiro atoms. The first-order chi connectivity index (χ1) is 13.9. The predicted octanol–water partition coefficient (Wildman–Crippen LogP) is 2.06. The average molecular weight is 399 g/mol. The van der Waals surface area contributed by atoms with Crippen LogP contribution in [0.2, 0.25) is 0 Å². The molecule has 1 heterocycles. The lowest BCUT2D eigenvalue weighted by molar-refractivity contribution is -0.126. The molecule has 2 amide bonds. The third kappa shape index (κ3) is 4.67. The minimum atomic E-state index is -0.653. The van der Waals surface area contributed by atoms with Gasteiger partial charge in [0.15, 0.2) is 6.10 Å². The van der Waals surface area contributed by atoms with Gasteiger partial charge in [0, 0.05) is 18.5 Å². The van der Waals surface area contributed by atoms with Gasteiger partial charge in [-0.2, -0.15) is 0 Å². The van der Waals surface area contributed by atoms with E-state index in [0.717, 1.165) is 11.3 Å². The summed E-state index contributed by atoms with van der Waals surface area (Å²) >= 11 is 0. The lowest BCUT2D eigenvalue weighted by Gasteiger charge is -2.35. The van der Waals surface area contributed by atoms with Crippen molar-refractivity contribution in [2.24, 2.45) is 0 Å². The average Bonchev–Trinajstić information content (AvgIpc) is 2.74. The van der Waals surface area contributed by atoms with Gasteiger partial charge in [-0.1, -0.05) is 12.1 Å². The number of benzene rings is 2. The van der Waals surface area contributed by atoms with E-state index in [9.17, 15) is 9.59 Å². The van der Waals surface area contributed by atoms with Crippen molar-refractivity contribution in [3.8, 4) is 11.5 Å². The molecule has 1 unspecified atom stereocenters. The number of nitrogens with zero attached hydrogens (tertiary/aromatic N) is 2. The molecule has 0 saturated carbocycles. The van der Waals surface area contributed by atoms with Gasteiger partial charge in [0.25, 0.3) is 11.8 Å². The molecule has 0 bridgehead atoms. The van der Waals surface area contributed by atoms with Crippen LogP contribution in [0.15, 0.2) is 42.5 Å². The van der Waals surface area contributed by atoms with Gasteiger partial charge in [-0.15, -0.1) is 0 Å². The molecule has 29 heavy (non-hydrogen) atoms. The normalized spacial score (nSPS) is 15.7. The van der Waals surface area contributed by atoms with E-state index in [-0.39, 0.29) is 11.5 Å². The number of hydrogen-bond donors (Lipinski definition) is 2. The van der Waals surface area contributed by atoms with E-state index in [0.29, 0.717) is 30.9 Å². The van der Waals surface area contributed by atoms with Crippen molar-refractivity contribution in [3.05, 3.63) is 53.6 Å². The fourth-order valence-electron chi connectivity index (χ4n) is 3.16. The first kappa shape index (κ1) is 20.6. The number of carbonyl (C=O) groups is 2. The van der Waals surface area contributed by atoms with E-state index in [4.69, 9.17) is 14.7 Å². The Balaban J connectivity index is 1.95. The number of rotatable bonds is 7. The monoisotopic (exact) mass is 399 g/mol. The van der Waals surface area contributed by atoms with Crippen LogP contribution in [0.3, 0.4) is 0 Å². The summed E-state index contributed by atoms with van der Waals surface area (Å²) in [5.74, 6) is 0.431. The van der Waals surface area contributed by atoms with Crippen LogP contribution in [0, 0.1) is 0 Å². The van der Waals surface area contributed by atoms with Gasteiger partial charge < -0.3 is 19.3 Å². The van der Waals surface area contributed by atoms with Gasteiger partial charge in [-0.05, 0) is 50.0 Å². The fourth-order valence-corrected chi connectivity index (χ4v) is 3.16. The van der Waals surface area contributed by atoms with Crippen molar-refractivity contribution < 1.29 is 24.3 Å². The van der Waals surface area contributed by atoms with Gasteiger partial charge >= 0.3 is 0 Å². The van der Waals surface area contributed by atoms with Crippen LogP contribution < -0.4 is 19.9 Å². The van der Waals surface area contributed by atoms with Gasteiger partial charge in [0.2, 0.25) is 0 Å². The summed E-state index contributed by atoms with van der Waals surface area (Å²) in [5.41, 5.74) is 3.25. The zero-order chi connectivity index (χ0) is 21.0. The topological polar surface area (TPSA) is 91.3 Å². The standard InChI is InChI=1S/C21H25N3O5/c1-23(2)11-10-19-21(26)24(13-14-4-7-16(28-3)8-5-14)17-12-15(20(25)22-27)6-9-18(17)29-19/h4-9,12,19,27H,10-11,13H2,1-3H3,(H,22,25). The quantitative estimate of drug-likeness (QED) is 0.547. The van der Waals surface area contributed by atoms with Gasteiger partial charge in [-0.3, -0.25) is 14.8 Å². The summed E-state index contributed by atoms with van der Waals surface area (Å²) in [6.07, 6.45) is -0.0656. The summed E-state index contributed by atoms with van der Waals surface area (Å²) in [5, 5.41) is 8.93. The van der Waals surface area contributed by atoms with Gasteiger partial charge in [0.05, 0.1) is 19.3 Å². The highest BCUT2D eigenvalue weighted by atomic mass is 16.5. The maximum atomic E-state index is 13.2. The highest BCUT2D eigenvalue weighted by Gasteiger charge is 2.34. The van der Waals surface area contributed by atoms with Crippen molar-refractivity contribution >= 4 is 17.5 Å². The zero-order valence-electron chi connectivity index (χ0n) is 16.7. The lowest BCUT2D eigenvalue weighted by Crippen LogP contribution is -2.46. The molecule has 2 aromatic rings. The van der Waals surface area contributed by atoms with Crippen molar-refractivity contribution in [3.63, 3.8) is 0 Å². The van der Waals surface area contributed by atoms with E-state index >= 15 is 0 Å². The summed E-state index contributed by atoms with van der Waals surface area (Å²) in [7, 11) is 5.48. The maximum absolute atomic E-state index is 13.2. The van der Waals surface area contributed by atoms with E-state index < -0.39 is 12.0 Å². The second-order valence-corrected chi connectivity index (χ2v) is 7.09. The highest BCUT2D eigenvalue weighted by molar-refractivity contribution is 6.02. The smallest absolute Gasteiger partial charge is 0.274 e. The SMILES string of the molecule is COc1ccc(CN2C(=O)C(CCN(C)C)Oc3ccc(C(=O)NO)cc32)cc1. The first-order valence-electron chi connectivity index (χ1n) is 9.27. The lowest BCUT2D eigenvalue weighted by atomic mass is 10.1. The number of ether oxygens (including phenoxy) is 2. The molecule has 0 aromatic heterocycles. The number of anilines is 1. The molecule has 1 aliphatic rings. The summed E-state index contributed by atoms with van der Waals surface area (Å²) in [6, 6.07) is 12.2. The zero-order valence-corrected chi connectivity index (χ0v) is 16.7. The molecular weight excluding hydrogens is 374 g/mol. The number of hydrogen-bond acceptors (Lipinski definition) is 6. The third-order valence-corrected chi connectivity index (χ3v) is 4.76. The van der Waals surface area contributed by atoms with Crippen LogP contribution in [0.4, 0.5) is 5.69 Å². The predicted molar refractivity (Wildman–Crippen MR) is 107 cm³/mol. The highest BCUT2D eigenvalue weighted by Crippen LogP contribution is 2.36. The van der Waals surface area contributed by atoms with Crippen molar-refractivity contribution in [2.75, 3.05) is 32.6 Å². The molecule has 8 nitrogen and oxygen atoms in total. The van der Waals surface area contributed by atoms with E-state index in [1.165, 1.54) is 0 Å². The number of fused-ring (bicyclic) bond motifs is 1. The Hall–Kier alpha value is -3.10. The molecule has 0 saturated heterocycles. The molecule has 1 aliphatic heterocycles. The summed E-state index contributed by atoms with van der Waals surface area (Å²) in [6.45, 7) is 1.02. The number of amides is 2. The largest absolute Gasteiger partial charge is 0.497 e. The third-order valence-electron chi connectivity index (χ3n) is 4.76. The van der Waals surface area contributed by atoms with Gasteiger partial charge in [0.1, 0.15) is 11.5 Å². The molecule has 154 valence electrons. The van der Waals surface area contributed by atoms with Crippen molar-refractivity contribution in [2.45, 2.75) is 19.1 Å². The Morgan fingerprint density at radius 1 is 1.24 bits per heavy atom. The summed E-state index contributed by atoms with van der Waals surface area (Å²) < 4.78 is 11.1. The van der Waals surface area contributed by atoms with Crippen molar-refractivity contribution in [1.82, 2.24) is 10.4 Å². The molecule has 1 atom stereocenters. The fraction of sp³-hybridized carbons (Fsp3) is 0.333. The number of carbonyl (C=O) groups excluding carboxylic acids is 2. The molecule has 3 rings (SSSR count). The summed E-state index contributed by atoms with van der Waals surface area (Å²) in [4.78, 5) is 28.6. The Morgan fingerprint density at radius 3 is 2.59 bits per heavy atom. The van der Waals surface area contributed by atoms with Crippen LogP contribution in [0.25, 0.3) is 0 Å². The Labute approximate surface area is 169 Å². The number of methoxy groups -OCH3 is 1. The number of hydroxylamine groups is 1. The second kappa shape index (κ2) is 8.93. The van der Waals surface area contributed by atoms with Crippen LogP contribution in [0.1, 0.15) is 22.3 Å². The Morgan fingerprint density at radius 2 is 1.97 bits per heavy atom. The van der Waals surface area contributed by atoms with Crippen LogP contribution >= 0.6 is 0 Å². The molecular formula is C21H25N3O5. The van der Waals surface area contributed by atoms with Crippen LogP contribution in [0.5, 0.6) is 11.5 Å². The maximum Gasteiger partial charge on any atom is 0.274 e. The Kier molecular flexibility index (Phi) is 6.36. The molecule has 8 heteroatoms. The number of nitrogens with one attached hydrogen (secondary N) is 1. The second-order valence-electron chi connectivity index (χ2n) is 7.09. The van der Waals surface area contributed by atoms with Crippen LogP contribution in [-0.2, 0) is 11.3 Å². The minimum absolute atomic E-state index is 0.170. The van der Waals surface area contributed by atoms with E-state index in [1.807, 2.05) is 43.3 Å². The van der Waals surface area contributed by atoms with E-state index in [2.05, 4.69) is 0 Å². The minimum Gasteiger partial charge on any atom is -0.497 e. The molecule has 0 radical (unpaired) electrons. The molecule has 0 fully saturated rings. The van der Waals surface area contributed by atoms with Crippen molar-refractivity contribution in [1.29, 1.82) is 0 Å². The van der Waals surface area contributed by atoms with Gasteiger partial charge in [-0.25, -0.2) is 5.48 Å². The molecule has 2 aromatic carbocycles. The molecule has 0 aliphatic carbocycles.